The first-order chi connectivity index (χ1) is 9.24. The van der Waals surface area contributed by atoms with Gasteiger partial charge in [-0.3, -0.25) is 0 Å². The number of imidazole rings is 1. The maximum absolute atomic E-state index is 9.78. The van der Waals surface area contributed by atoms with Crippen LogP contribution in [0, 0.1) is 0 Å². The van der Waals surface area contributed by atoms with Gasteiger partial charge in [0.2, 0.25) is 5.88 Å². The normalized spacial score (nSPS) is 27.0. The number of pyridine rings is 1. The Morgan fingerprint density at radius 3 is 3.05 bits per heavy atom. The Hall–Kier alpha value is -1.70. The minimum absolute atomic E-state index is 0.199. The fourth-order valence-corrected chi connectivity index (χ4v) is 2.37. The van der Waals surface area contributed by atoms with E-state index in [-0.39, 0.29) is 12.8 Å². The van der Waals surface area contributed by atoms with Crippen LogP contribution in [0.15, 0.2) is 18.6 Å². The fourth-order valence-electron chi connectivity index (χ4n) is 2.37. The van der Waals surface area contributed by atoms with E-state index in [2.05, 4.69) is 9.97 Å². The van der Waals surface area contributed by atoms with Crippen molar-refractivity contribution in [3.05, 3.63) is 18.6 Å². The number of hydrogen-bond donors (Lipinski definition) is 2. The van der Waals surface area contributed by atoms with Crippen molar-refractivity contribution in [2.24, 2.45) is 0 Å². The predicted molar refractivity (Wildman–Crippen MR) is 65.7 cm³/mol. The van der Waals surface area contributed by atoms with Crippen LogP contribution in [-0.4, -0.2) is 50.7 Å². The molecule has 1 saturated heterocycles. The molecular weight excluding hydrogens is 250 g/mol. The molecule has 3 heterocycles. The van der Waals surface area contributed by atoms with Crippen LogP contribution in [0.1, 0.15) is 12.6 Å². The molecule has 0 unspecified atom stereocenters. The first-order valence-corrected chi connectivity index (χ1v) is 6.04. The minimum Gasteiger partial charge on any atom is -0.479 e. The fraction of sp³-hybridized carbons (Fsp3) is 0.500. The molecule has 3 rings (SSSR count). The molecule has 0 radical (unpaired) electrons. The summed E-state index contributed by atoms with van der Waals surface area (Å²) in [6, 6.07) is 1.81. The second-order valence-electron chi connectivity index (χ2n) is 4.45. The van der Waals surface area contributed by atoms with E-state index in [9.17, 15) is 5.11 Å². The van der Waals surface area contributed by atoms with E-state index in [0.717, 1.165) is 5.52 Å². The second-order valence-corrected chi connectivity index (χ2v) is 4.45. The van der Waals surface area contributed by atoms with Gasteiger partial charge in [0.05, 0.1) is 31.7 Å². The Morgan fingerprint density at radius 1 is 1.53 bits per heavy atom. The molecule has 102 valence electrons. The van der Waals surface area contributed by atoms with Gasteiger partial charge in [-0.1, -0.05) is 0 Å². The van der Waals surface area contributed by atoms with Gasteiger partial charge in [0.1, 0.15) is 12.3 Å². The summed E-state index contributed by atoms with van der Waals surface area (Å²) in [5, 5.41) is 18.9. The summed E-state index contributed by atoms with van der Waals surface area (Å²) in [7, 11) is 1.54. The second kappa shape index (κ2) is 4.76. The van der Waals surface area contributed by atoms with Crippen LogP contribution in [0.2, 0.25) is 0 Å². The monoisotopic (exact) mass is 265 g/mol. The van der Waals surface area contributed by atoms with E-state index < -0.39 is 12.2 Å². The van der Waals surface area contributed by atoms with Gasteiger partial charge >= 0.3 is 0 Å². The van der Waals surface area contributed by atoms with Crippen molar-refractivity contribution in [1.29, 1.82) is 0 Å². The molecule has 0 saturated carbocycles. The number of aliphatic hydroxyl groups is 2. The summed E-state index contributed by atoms with van der Waals surface area (Å²) < 4.78 is 12.6. The first kappa shape index (κ1) is 12.3. The van der Waals surface area contributed by atoms with Crippen LogP contribution >= 0.6 is 0 Å². The molecule has 1 fully saturated rings. The van der Waals surface area contributed by atoms with Crippen molar-refractivity contribution in [3.63, 3.8) is 0 Å². The van der Waals surface area contributed by atoms with E-state index in [1.54, 1.807) is 19.6 Å². The average Bonchev–Trinajstić information content (AvgIpc) is 3.01. The Bertz CT molecular complexity index is 585. The van der Waals surface area contributed by atoms with Crippen LogP contribution in [0.5, 0.6) is 5.88 Å². The number of nitrogens with zero attached hydrogens (tertiary/aromatic N) is 3. The number of methoxy groups -OCH3 is 1. The van der Waals surface area contributed by atoms with Gasteiger partial charge in [-0.25, -0.2) is 9.97 Å². The zero-order chi connectivity index (χ0) is 13.4. The van der Waals surface area contributed by atoms with Crippen LogP contribution in [0.4, 0.5) is 0 Å². The lowest BCUT2D eigenvalue weighted by molar-refractivity contribution is -0.0430. The topological polar surface area (TPSA) is 89.6 Å². The Balaban J connectivity index is 1.98. The molecule has 7 nitrogen and oxygen atoms in total. The molecule has 0 spiro atoms. The van der Waals surface area contributed by atoms with E-state index in [0.29, 0.717) is 17.8 Å². The molecule has 2 aromatic rings. The summed E-state index contributed by atoms with van der Waals surface area (Å²) >= 11 is 0. The molecule has 0 bridgehead atoms. The Kier molecular flexibility index (Phi) is 3.09. The Morgan fingerprint density at radius 2 is 2.37 bits per heavy atom. The van der Waals surface area contributed by atoms with Crippen LogP contribution in [0.25, 0.3) is 11.0 Å². The maximum atomic E-state index is 9.78. The van der Waals surface area contributed by atoms with Crippen molar-refractivity contribution in [1.82, 2.24) is 14.5 Å². The highest BCUT2D eigenvalue weighted by Crippen LogP contribution is 2.32. The van der Waals surface area contributed by atoms with Gasteiger partial charge in [-0.2, -0.15) is 0 Å². The average molecular weight is 265 g/mol. The van der Waals surface area contributed by atoms with Gasteiger partial charge in [-0.15, -0.1) is 0 Å². The molecule has 2 N–H and O–H groups in total. The lowest BCUT2D eigenvalue weighted by Crippen LogP contribution is -2.24. The quantitative estimate of drug-likeness (QED) is 0.817. The van der Waals surface area contributed by atoms with Crippen molar-refractivity contribution in [2.45, 2.75) is 24.9 Å². The molecule has 1 aliphatic rings. The van der Waals surface area contributed by atoms with Crippen molar-refractivity contribution in [3.8, 4) is 5.88 Å². The van der Waals surface area contributed by atoms with Gasteiger partial charge < -0.3 is 24.3 Å². The number of hydrogen-bond acceptors (Lipinski definition) is 6. The van der Waals surface area contributed by atoms with Crippen molar-refractivity contribution in [2.75, 3.05) is 13.7 Å². The molecule has 19 heavy (non-hydrogen) atoms. The summed E-state index contributed by atoms with van der Waals surface area (Å²) in [4.78, 5) is 8.34. The number of aliphatic hydroxyl groups excluding tert-OH is 2. The largest absolute Gasteiger partial charge is 0.479 e. The summed E-state index contributed by atoms with van der Waals surface area (Å²) in [5.74, 6) is 0.452. The van der Waals surface area contributed by atoms with Crippen molar-refractivity contribution >= 4 is 11.0 Å². The van der Waals surface area contributed by atoms with Gasteiger partial charge in [0.15, 0.2) is 5.52 Å². The lowest BCUT2D eigenvalue weighted by Gasteiger charge is -2.14. The van der Waals surface area contributed by atoms with E-state index in [1.165, 1.54) is 0 Å². The molecule has 1 aliphatic heterocycles. The number of ether oxygens (including phenoxy) is 2. The van der Waals surface area contributed by atoms with Crippen molar-refractivity contribution < 1.29 is 19.7 Å². The summed E-state index contributed by atoms with van der Waals surface area (Å²) in [5.41, 5.74) is 1.47. The molecular formula is C12H15N3O4. The molecule has 0 amide bonds. The van der Waals surface area contributed by atoms with Crippen LogP contribution < -0.4 is 4.74 Å². The number of fused-ring (bicyclic) bond motifs is 1. The molecule has 7 heteroatoms. The predicted octanol–water partition coefficient (Wildman–Crippen LogP) is 0.0806. The number of rotatable bonds is 3. The summed E-state index contributed by atoms with van der Waals surface area (Å²) in [6.07, 6.45) is 2.12. The van der Waals surface area contributed by atoms with Gasteiger partial charge in [0, 0.05) is 12.6 Å². The third kappa shape index (κ3) is 1.95. The summed E-state index contributed by atoms with van der Waals surface area (Å²) in [6.45, 7) is -0.199. The third-order valence-electron chi connectivity index (χ3n) is 3.35. The van der Waals surface area contributed by atoms with Crippen LogP contribution in [0.3, 0.4) is 0 Å². The molecule has 2 aromatic heterocycles. The molecule has 3 atom stereocenters. The lowest BCUT2D eigenvalue weighted by atomic mass is 10.2. The van der Waals surface area contributed by atoms with E-state index in [4.69, 9.17) is 14.6 Å². The Labute approximate surface area is 109 Å². The molecule has 0 aromatic carbocycles. The van der Waals surface area contributed by atoms with Gasteiger partial charge in [0.25, 0.3) is 0 Å². The zero-order valence-electron chi connectivity index (χ0n) is 10.4. The highest BCUT2D eigenvalue weighted by atomic mass is 16.5. The third-order valence-corrected chi connectivity index (χ3v) is 3.35. The first-order valence-electron chi connectivity index (χ1n) is 6.04. The highest BCUT2D eigenvalue weighted by molar-refractivity contribution is 5.79. The zero-order valence-corrected chi connectivity index (χ0v) is 10.4. The highest BCUT2D eigenvalue weighted by Gasteiger charge is 2.35. The minimum atomic E-state index is -0.670. The van der Waals surface area contributed by atoms with Crippen LogP contribution in [-0.2, 0) is 4.74 Å². The number of aromatic nitrogens is 3. The standard InChI is InChI=1S/C12H15N3O4/c1-18-12-11-7(2-3-13-12)15(6-14-11)10-4-8(17)9(5-16)19-10/h2-3,6,8-10,16-17H,4-5H2,1H3/t8-,9+,10+/m0/s1. The van der Waals surface area contributed by atoms with E-state index >= 15 is 0 Å². The molecule has 0 aliphatic carbocycles. The van der Waals surface area contributed by atoms with Gasteiger partial charge in [-0.05, 0) is 6.07 Å². The van der Waals surface area contributed by atoms with E-state index in [1.807, 2.05) is 10.6 Å². The SMILES string of the molecule is COc1nccc2c1ncn2[C@H]1C[C@H](O)[C@@H](CO)O1. The maximum Gasteiger partial charge on any atom is 0.241 e. The smallest absolute Gasteiger partial charge is 0.241 e.